The van der Waals surface area contributed by atoms with Gasteiger partial charge in [-0.25, -0.2) is 19.8 Å². The van der Waals surface area contributed by atoms with Crippen molar-refractivity contribution >= 4 is 34.8 Å². The first-order chi connectivity index (χ1) is 12.5. The van der Waals surface area contributed by atoms with Gasteiger partial charge in [0.15, 0.2) is 5.82 Å². The Morgan fingerprint density at radius 1 is 1.27 bits per heavy atom. The minimum Gasteiger partial charge on any atom is -0.331 e. The molecule has 2 bridgehead atoms. The molecule has 5 nitrogen and oxygen atoms in total. The first-order valence-electron chi connectivity index (χ1n) is 8.04. The van der Waals surface area contributed by atoms with Crippen LogP contribution in [-0.2, 0) is 6.42 Å². The van der Waals surface area contributed by atoms with Gasteiger partial charge in [0.1, 0.15) is 5.69 Å². The van der Waals surface area contributed by atoms with E-state index in [-0.39, 0.29) is 33.8 Å². The van der Waals surface area contributed by atoms with Crippen LogP contribution in [0.3, 0.4) is 0 Å². The molecule has 0 aliphatic carbocycles. The topological polar surface area (TPSA) is 60.8 Å². The van der Waals surface area contributed by atoms with E-state index in [1.807, 2.05) is 4.90 Å². The molecule has 2 atom stereocenters. The third-order valence-corrected chi connectivity index (χ3v) is 5.62. The highest BCUT2D eigenvalue weighted by Crippen LogP contribution is 2.44. The lowest BCUT2D eigenvalue weighted by Crippen LogP contribution is -2.47. The van der Waals surface area contributed by atoms with Crippen LogP contribution in [0.1, 0.15) is 30.0 Å². The highest BCUT2D eigenvalue weighted by atomic mass is 35.5. The molecule has 2 N–H and O–H groups in total. The maximum absolute atomic E-state index is 14.2. The predicted molar refractivity (Wildman–Crippen MR) is 93.9 cm³/mol. The molecule has 1 saturated heterocycles. The number of aromatic nitrogens is 1. The van der Waals surface area contributed by atoms with Gasteiger partial charge in [0.25, 0.3) is 0 Å². The fourth-order valence-corrected chi connectivity index (χ4v) is 4.10. The van der Waals surface area contributed by atoms with Crippen molar-refractivity contribution < 1.29 is 14.0 Å². The number of pyridine rings is 1. The van der Waals surface area contributed by atoms with Gasteiger partial charge < -0.3 is 4.90 Å². The van der Waals surface area contributed by atoms with Gasteiger partial charge in [0.2, 0.25) is 11.9 Å². The quantitative estimate of drug-likeness (QED) is 0.246. The molecule has 1 aromatic heterocycles. The van der Waals surface area contributed by atoms with Crippen molar-refractivity contribution in [1.29, 1.82) is 0 Å². The number of rotatable bonds is 1. The van der Waals surface area contributed by atoms with Crippen LogP contribution in [-0.4, -0.2) is 27.1 Å². The number of hydroxylamine groups is 1. The highest BCUT2D eigenvalue weighted by molar-refractivity contribution is 6.42. The molecule has 136 valence electrons. The smallest absolute Gasteiger partial charge is 0.224 e. The summed E-state index contributed by atoms with van der Waals surface area (Å²) in [5, 5.41) is 9.87. The summed E-state index contributed by atoms with van der Waals surface area (Å²) in [6.07, 6.45) is 3.43. The van der Waals surface area contributed by atoms with Crippen LogP contribution < -0.4 is 5.48 Å². The van der Waals surface area contributed by atoms with Gasteiger partial charge in [-0.3, -0.25) is 5.21 Å². The second-order valence-corrected chi connectivity index (χ2v) is 7.11. The molecule has 2 aliphatic heterocycles. The first kappa shape index (κ1) is 17.5. The van der Waals surface area contributed by atoms with Crippen LogP contribution in [0.5, 0.6) is 0 Å². The van der Waals surface area contributed by atoms with E-state index in [2.05, 4.69) is 15.5 Å². The lowest BCUT2D eigenvalue weighted by atomic mass is 9.95. The number of hydrogen-bond donors (Lipinski definition) is 2. The number of hydrogen-bond acceptors (Lipinski definition) is 3. The lowest BCUT2D eigenvalue weighted by Gasteiger charge is -2.37. The molecule has 0 radical (unpaired) electrons. The zero-order chi connectivity index (χ0) is 18.4. The molecule has 9 heteroatoms. The van der Waals surface area contributed by atoms with Crippen molar-refractivity contribution in [3.8, 4) is 0 Å². The van der Waals surface area contributed by atoms with Gasteiger partial charge in [-0.15, -0.1) is 0 Å². The summed E-state index contributed by atoms with van der Waals surface area (Å²) in [7, 11) is 0. The third-order valence-electron chi connectivity index (χ3n) is 4.90. The van der Waals surface area contributed by atoms with E-state index in [1.165, 1.54) is 12.3 Å². The monoisotopic (exact) mass is 398 g/mol. The molecule has 3 heterocycles. The second kappa shape index (κ2) is 6.64. The van der Waals surface area contributed by atoms with Crippen LogP contribution in [0.2, 0.25) is 10.0 Å². The molecular formula is C17H14Cl2F2N4O. The van der Waals surface area contributed by atoms with Crippen molar-refractivity contribution in [2.45, 2.75) is 31.3 Å². The highest BCUT2D eigenvalue weighted by Gasteiger charge is 2.43. The maximum Gasteiger partial charge on any atom is 0.224 e. The summed E-state index contributed by atoms with van der Waals surface area (Å²) in [6, 6.07) is 3.88. The van der Waals surface area contributed by atoms with E-state index in [9.17, 15) is 14.0 Å². The molecule has 0 amide bonds. The fraction of sp³-hybridized carbons (Fsp3) is 0.294. The zero-order valence-electron chi connectivity index (χ0n) is 13.4. The van der Waals surface area contributed by atoms with Crippen molar-refractivity contribution in [3.63, 3.8) is 0 Å². The summed E-state index contributed by atoms with van der Waals surface area (Å²) >= 11 is 11.7. The fourth-order valence-electron chi connectivity index (χ4n) is 3.79. The van der Waals surface area contributed by atoms with E-state index < -0.39 is 11.8 Å². The average Bonchev–Trinajstić information content (AvgIpc) is 2.92. The average molecular weight is 399 g/mol. The second-order valence-electron chi connectivity index (χ2n) is 6.29. The van der Waals surface area contributed by atoms with Gasteiger partial charge in [0.05, 0.1) is 16.1 Å². The van der Waals surface area contributed by atoms with E-state index in [4.69, 9.17) is 23.2 Å². The Morgan fingerprint density at radius 3 is 2.81 bits per heavy atom. The normalized spacial score (nSPS) is 21.7. The molecule has 26 heavy (non-hydrogen) atoms. The van der Waals surface area contributed by atoms with E-state index in [0.29, 0.717) is 12.0 Å². The Kier molecular flexibility index (Phi) is 4.46. The Bertz CT molecular complexity index is 909. The summed E-state index contributed by atoms with van der Waals surface area (Å²) in [6.45, 7) is 0. The number of nitrogens with one attached hydrogen (secondary N) is 1. The maximum atomic E-state index is 14.2. The molecule has 0 saturated carbocycles. The van der Waals surface area contributed by atoms with Gasteiger partial charge in [-0.1, -0.05) is 23.2 Å². The van der Waals surface area contributed by atoms with Crippen LogP contribution in [0.25, 0.3) is 0 Å². The molecule has 2 aromatic rings. The summed E-state index contributed by atoms with van der Waals surface area (Å²) in [4.78, 5) is 9.76. The van der Waals surface area contributed by atoms with Crippen LogP contribution in [0.4, 0.5) is 14.5 Å². The van der Waals surface area contributed by atoms with Gasteiger partial charge >= 0.3 is 0 Å². The van der Waals surface area contributed by atoms with E-state index in [1.54, 1.807) is 6.07 Å². The minimum atomic E-state index is -0.660. The van der Waals surface area contributed by atoms with Crippen molar-refractivity contribution in [2.75, 3.05) is 0 Å². The predicted octanol–water partition coefficient (Wildman–Crippen LogP) is 4.39. The Morgan fingerprint density at radius 2 is 2.04 bits per heavy atom. The van der Waals surface area contributed by atoms with Crippen LogP contribution in [0.15, 0.2) is 29.4 Å². The molecule has 0 unspecified atom stereocenters. The number of guanidine groups is 1. The van der Waals surface area contributed by atoms with E-state index >= 15 is 0 Å². The molecule has 0 spiro atoms. The Hall–Kier alpha value is -1.96. The third kappa shape index (κ3) is 2.80. The SMILES string of the molecule is ONC(=Nc1cc(Cl)c(Cl)cc1F)N1[C@H]2CC[C@@H]1c1ccnc(F)c1C2. The lowest BCUT2D eigenvalue weighted by molar-refractivity contribution is 0.187. The number of benzene rings is 1. The van der Waals surface area contributed by atoms with Crippen molar-refractivity contribution in [1.82, 2.24) is 15.4 Å². The molecule has 1 aromatic carbocycles. The molecule has 1 fully saturated rings. The Balaban J connectivity index is 1.76. The largest absolute Gasteiger partial charge is 0.331 e. The number of halogens is 4. The van der Waals surface area contributed by atoms with E-state index in [0.717, 1.165) is 24.5 Å². The minimum absolute atomic E-state index is 0.0537. The molecular weight excluding hydrogens is 385 g/mol. The molecule has 2 aliphatic rings. The Labute approximate surface area is 158 Å². The number of aliphatic imine (C=N–C) groups is 1. The van der Waals surface area contributed by atoms with Crippen LogP contribution >= 0.6 is 23.2 Å². The van der Waals surface area contributed by atoms with Crippen molar-refractivity contribution in [3.05, 3.63) is 57.3 Å². The van der Waals surface area contributed by atoms with Gasteiger partial charge in [-0.05, 0) is 43.0 Å². The van der Waals surface area contributed by atoms with Gasteiger partial charge in [0, 0.05) is 17.8 Å². The summed E-state index contributed by atoms with van der Waals surface area (Å²) in [5.74, 6) is -1.05. The zero-order valence-corrected chi connectivity index (χ0v) is 14.9. The number of fused-ring (bicyclic) bond motifs is 4. The summed E-state index contributed by atoms with van der Waals surface area (Å²) in [5.41, 5.74) is 3.40. The first-order valence-corrected chi connectivity index (χ1v) is 8.80. The molecule has 4 rings (SSSR count). The van der Waals surface area contributed by atoms with Crippen LogP contribution in [0, 0.1) is 11.8 Å². The number of nitrogens with zero attached hydrogens (tertiary/aromatic N) is 3. The van der Waals surface area contributed by atoms with Gasteiger partial charge in [-0.2, -0.15) is 4.39 Å². The standard InChI is InChI=1S/C17H14Cl2F2N4O/c18-11-6-13(20)14(7-12(11)19)23-17(24-26)25-8-1-2-15(25)9-3-4-22-16(21)10(9)5-8/h3-4,6-8,15,26H,1-2,5H2,(H,23,24)/t8-,15+/m0/s1. The summed E-state index contributed by atoms with van der Waals surface area (Å²) < 4.78 is 28.2. The van der Waals surface area contributed by atoms with Crippen molar-refractivity contribution in [2.24, 2.45) is 4.99 Å².